The van der Waals surface area contributed by atoms with E-state index >= 15 is 0 Å². The van der Waals surface area contributed by atoms with Crippen molar-refractivity contribution in [2.45, 2.75) is 63.8 Å². The van der Waals surface area contributed by atoms with Gasteiger partial charge in [-0.15, -0.1) is 22.2 Å². The highest BCUT2D eigenvalue weighted by atomic mass is 35.7. The monoisotopic (exact) mass is 266 g/mol. The third-order valence-electron chi connectivity index (χ3n) is 3.05. The molecule has 1 saturated heterocycles. The maximum absolute atomic E-state index is 11.7. The lowest BCUT2D eigenvalue weighted by Crippen LogP contribution is -2.32. The van der Waals surface area contributed by atoms with Gasteiger partial charge < -0.3 is 4.79 Å². The molecule has 0 unspecified atom stereocenters. The summed E-state index contributed by atoms with van der Waals surface area (Å²) in [4.78, 5) is 11.7. The fourth-order valence-electron chi connectivity index (χ4n) is 2.02. The molecule has 0 spiro atoms. The second-order valence-corrected chi connectivity index (χ2v) is 11.4. The minimum Gasteiger partial charge on any atom is -0.302 e. The number of halogens is 2. The molecule has 0 atom stereocenters. The third-order valence-corrected chi connectivity index (χ3v) is 7.50. The lowest BCUT2D eigenvalue weighted by atomic mass is 10.1. The largest absolute Gasteiger partial charge is 0.319 e. The van der Waals surface area contributed by atoms with Crippen molar-refractivity contribution in [3.63, 3.8) is 0 Å². The molecule has 15 heavy (non-hydrogen) atoms. The summed E-state index contributed by atoms with van der Waals surface area (Å²) in [6, 6.07) is 0.759. The zero-order valence-electron chi connectivity index (χ0n) is 9.24. The Morgan fingerprint density at radius 1 is 0.800 bits per heavy atom. The third kappa shape index (κ3) is 5.37. The molecule has 1 rings (SSSR count). The molecule has 1 aliphatic heterocycles. The summed E-state index contributed by atoms with van der Waals surface area (Å²) >= 11 is 12.3. The predicted octanol–water partition coefficient (Wildman–Crippen LogP) is 4.54. The predicted molar refractivity (Wildman–Crippen MR) is 68.8 cm³/mol. The van der Waals surface area contributed by atoms with Crippen LogP contribution in [-0.4, -0.2) is 12.1 Å². The second kappa shape index (κ2) is 6.92. The Morgan fingerprint density at radius 2 is 1.27 bits per heavy atom. The lowest BCUT2D eigenvalue weighted by Gasteiger charge is -2.15. The number of hydrogen-bond donors (Lipinski definition) is 0. The molecular formula is C11H20Cl2OSi. The van der Waals surface area contributed by atoms with Crippen molar-refractivity contribution in [2.24, 2.45) is 0 Å². The van der Waals surface area contributed by atoms with Gasteiger partial charge >= 0.3 is 6.69 Å². The molecule has 4 heteroatoms. The normalized spacial score (nSPS) is 25.3. The van der Waals surface area contributed by atoms with Crippen molar-refractivity contribution in [3.05, 3.63) is 0 Å². The van der Waals surface area contributed by atoms with Gasteiger partial charge in [-0.25, -0.2) is 0 Å². The highest BCUT2D eigenvalue weighted by Gasteiger charge is 2.36. The fourth-order valence-corrected chi connectivity index (χ4v) is 4.90. The zero-order chi connectivity index (χ0) is 11.1. The van der Waals surface area contributed by atoms with E-state index in [0.29, 0.717) is 6.42 Å². The van der Waals surface area contributed by atoms with E-state index in [1.807, 2.05) is 0 Å². The molecule has 0 aromatic heterocycles. The van der Waals surface area contributed by atoms with Crippen LogP contribution in [0, 0.1) is 0 Å². The molecule has 1 heterocycles. The highest BCUT2D eigenvalue weighted by Crippen LogP contribution is 2.27. The van der Waals surface area contributed by atoms with Gasteiger partial charge in [-0.1, -0.05) is 44.9 Å². The van der Waals surface area contributed by atoms with Crippen molar-refractivity contribution >= 4 is 34.3 Å². The van der Waals surface area contributed by atoms with Crippen molar-refractivity contribution in [1.29, 1.82) is 0 Å². The van der Waals surface area contributed by atoms with Crippen LogP contribution in [0.4, 0.5) is 0 Å². The number of hydrogen-bond acceptors (Lipinski definition) is 1. The summed E-state index contributed by atoms with van der Waals surface area (Å²) in [6.07, 6.45) is 10.1. The Morgan fingerprint density at radius 3 is 1.87 bits per heavy atom. The van der Waals surface area contributed by atoms with Crippen LogP contribution in [0.15, 0.2) is 0 Å². The van der Waals surface area contributed by atoms with Crippen LogP contribution in [-0.2, 0) is 4.79 Å². The van der Waals surface area contributed by atoms with Gasteiger partial charge in [0.15, 0.2) is 0 Å². The molecule has 0 bridgehead atoms. The molecule has 0 saturated carbocycles. The van der Waals surface area contributed by atoms with E-state index in [1.54, 1.807) is 0 Å². The molecule has 0 aromatic rings. The van der Waals surface area contributed by atoms with Crippen LogP contribution in [0.1, 0.15) is 57.8 Å². The van der Waals surface area contributed by atoms with Gasteiger partial charge in [0.1, 0.15) is 5.41 Å². The van der Waals surface area contributed by atoms with Crippen molar-refractivity contribution in [2.75, 3.05) is 0 Å². The fraction of sp³-hybridized carbons (Fsp3) is 0.909. The standard InChI is InChI=1S/C11H20Cl2OSi/c12-15(13)10-8-6-4-2-1-3-5-7-9-11(15)14/h1-10H2. The summed E-state index contributed by atoms with van der Waals surface area (Å²) in [6.45, 7) is -2.56. The molecule has 1 nitrogen and oxygen atoms in total. The zero-order valence-corrected chi connectivity index (χ0v) is 11.7. The summed E-state index contributed by atoms with van der Waals surface area (Å²) < 4.78 is 0. The van der Waals surface area contributed by atoms with Crippen molar-refractivity contribution in [3.8, 4) is 0 Å². The van der Waals surface area contributed by atoms with Crippen LogP contribution in [0.2, 0.25) is 6.04 Å². The summed E-state index contributed by atoms with van der Waals surface area (Å²) in [5, 5.41) is 0.159. The molecule has 0 aromatic carbocycles. The van der Waals surface area contributed by atoms with Crippen LogP contribution < -0.4 is 0 Å². The lowest BCUT2D eigenvalue weighted by molar-refractivity contribution is -0.112. The first-order valence-corrected chi connectivity index (χ1v) is 10.3. The average Bonchev–Trinajstić information content (AvgIpc) is 2.18. The maximum atomic E-state index is 11.7. The maximum Gasteiger partial charge on any atom is 0.319 e. The highest BCUT2D eigenvalue weighted by molar-refractivity contribution is 7.57. The minimum absolute atomic E-state index is 0.159. The summed E-state index contributed by atoms with van der Waals surface area (Å²) in [5.74, 6) is 0. The minimum atomic E-state index is -2.56. The van der Waals surface area contributed by atoms with Gasteiger partial charge in [-0.3, -0.25) is 0 Å². The number of rotatable bonds is 0. The van der Waals surface area contributed by atoms with E-state index < -0.39 is 6.69 Å². The Bertz CT molecular complexity index is 207. The van der Waals surface area contributed by atoms with Crippen molar-refractivity contribution in [1.82, 2.24) is 0 Å². The summed E-state index contributed by atoms with van der Waals surface area (Å²) in [7, 11) is 0. The van der Waals surface area contributed by atoms with E-state index in [2.05, 4.69) is 0 Å². The number of carbonyl (C=O) groups is 1. The molecule has 0 amide bonds. The van der Waals surface area contributed by atoms with E-state index in [-0.39, 0.29) is 5.41 Å². The first-order valence-electron chi connectivity index (χ1n) is 6.04. The topological polar surface area (TPSA) is 17.1 Å². The smallest absolute Gasteiger partial charge is 0.302 e. The van der Waals surface area contributed by atoms with Gasteiger partial charge in [-0.05, 0) is 12.5 Å². The molecule has 0 aliphatic carbocycles. The van der Waals surface area contributed by atoms with Gasteiger partial charge in [0.2, 0.25) is 0 Å². The van der Waals surface area contributed by atoms with Gasteiger partial charge in [0, 0.05) is 6.42 Å². The van der Waals surface area contributed by atoms with Gasteiger partial charge in [-0.2, -0.15) is 0 Å². The van der Waals surface area contributed by atoms with Crippen LogP contribution in [0.5, 0.6) is 0 Å². The van der Waals surface area contributed by atoms with E-state index in [9.17, 15) is 4.79 Å². The quantitative estimate of drug-likeness (QED) is 0.465. The summed E-state index contributed by atoms with van der Waals surface area (Å²) in [5.41, 5.74) is 0. The second-order valence-electron chi connectivity index (χ2n) is 4.46. The molecular weight excluding hydrogens is 247 g/mol. The molecule has 0 radical (unpaired) electrons. The SMILES string of the molecule is O=C1CCCCCCCCCC[Si]1(Cl)Cl. The van der Waals surface area contributed by atoms with Crippen molar-refractivity contribution < 1.29 is 4.79 Å². The first-order chi connectivity index (χ1) is 7.13. The average molecular weight is 267 g/mol. The van der Waals surface area contributed by atoms with Gasteiger partial charge in [0.25, 0.3) is 0 Å². The van der Waals surface area contributed by atoms with E-state index in [0.717, 1.165) is 25.3 Å². The Labute approximate surface area is 103 Å². The first kappa shape index (κ1) is 13.5. The Balaban J connectivity index is 2.42. The molecule has 0 N–H and O–H groups in total. The van der Waals surface area contributed by atoms with Crippen LogP contribution >= 0.6 is 22.2 Å². The van der Waals surface area contributed by atoms with Crippen LogP contribution in [0.25, 0.3) is 0 Å². The molecule has 88 valence electrons. The van der Waals surface area contributed by atoms with E-state index in [1.165, 1.54) is 32.1 Å². The van der Waals surface area contributed by atoms with Gasteiger partial charge in [0.05, 0.1) is 0 Å². The Kier molecular flexibility index (Phi) is 6.25. The molecule has 1 aliphatic rings. The Hall–Kier alpha value is 0.467. The van der Waals surface area contributed by atoms with E-state index in [4.69, 9.17) is 22.2 Å². The molecule has 1 fully saturated rings. The number of carbonyl (C=O) groups excluding carboxylic acids is 1. The van der Waals surface area contributed by atoms with Crippen LogP contribution in [0.3, 0.4) is 0 Å².